The lowest BCUT2D eigenvalue weighted by Gasteiger charge is -2.12. The minimum absolute atomic E-state index is 0.177. The molecule has 0 unspecified atom stereocenters. The number of anilines is 1. The van der Waals surface area contributed by atoms with E-state index in [0.717, 1.165) is 12.0 Å². The van der Waals surface area contributed by atoms with Gasteiger partial charge in [0.05, 0.1) is 12.2 Å². The lowest BCUT2D eigenvalue weighted by atomic mass is 10.0. The van der Waals surface area contributed by atoms with Gasteiger partial charge in [-0.25, -0.2) is 4.79 Å². The summed E-state index contributed by atoms with van der Waals surface area (Å²) in [5.41, 5.74) is 2.59. The molecule has 2 aromatic carbocycles. The van der Waals surface area contributed by atoms with E-state index in [1.54, 1.807) is 37.3 Å². The SMILES string of the molecule is CCCOc1cccc(C(=O)Nc2cc(C(=O)O)c(C)cc2C)c1. The summed E-state index contributed by atoms with van der Waals surface area (Å²) >= 11 is 0. The zero-order valence-corrected chi connectivity index (χ0v) is 14.1. The molecular weight excluding hydrogens is 306 g/mol. The molecule has 0 spiro atoms. The van der Waals surface area contributed by atoms with Crippen LogP contribution in [0.2, 0.25) is 0 Å². The zero-order chi connectivity index (χ0) is 17.7. The fraction of sp³-hybridized carbons (Fsp3) is 0.263. The Bertz CT molecular complexity index is 768. The third kappa shape index (κ3) is 4.13. The molecule has 2 N–H and O–H groups in total. The highest BCUT2D eigenvalue weighted by Gasteiger charge is 2.13. The lowest BCUT2D eigenvalue weighted by Crippen LogP contribution is -2.14. The smallest absolute Gasteiger partial charge is 0.336 e. The van der Waals surface area contributed by atoms with Gasteiger partial charge in [-0.1, -0.05) is 19.1 Å². The summed E-state index contributed by atoms with van der Waals surface area (Å²) in [6, 6.07) is 10.2. The quantitative estimate of drug-likeness (QED) is 0.839. The Kier molecular flexibility index (Phi) is 5.58. The number of aryl methyl sites for hydroxylation is 2. The average molecular weight is 327 g/mol. The van der Waals surface area contributed by atoms with Crippen molar-refractivity contribution in [1.29, 1.82) is 0 Å². The Labute approximate surface area is 141 Å². The van der Waals surface area contributed by atoms with Crippen LogP contribution in [0.3, 0.4) is 0 Å². The maximum absolute atomic E-state index is 12.4. The topological polar surface area (TPSA) is 75.6 Å². The summed E-state index contributed by atoms with van der Waals surface area (Å²) < 4.78 is 5.53. The predicted molar refractivity (Wildman–Crippen MR) is 93.1 cm³/mol. The standard InChI is InChI=1S/C19H21NO4/c1-4-8-24-15-7-5-6-14(10-15)18(21)20-17-11-16(19(22)23)12(2)9-13(17)3/h5-7,9-11H,4,8H2,1-3H3,(H,20,21)(H,22,23). The van der Waals surface area contributed by atoms with Crippen LogP contribution in [0.4, 0.5) is 5.69 Å². The molecular formula is C19H21NO4. The highest BCUT2D eigenvalue weighted by Crippen LogP contribution is 2.22. The van der Waals surface area contributed by atoms with Crippen LogP contribution in [0.5, 0.6) is 5.75 Å². The number of aromatic carboxylic acids is 1. The number of carboxylic acid groups (broad SMARTS) is 1. The molecule has 0 aliphatic rings. The number of hydrogen-bond donors (Lipinski definition) is 2. The summed E-state index contributed by atoms with van der Waals surface area (Å²) in [6.45, 7) is 6.16. The molecule has 0 aliphatic carbocycles. The summed E-state index contributed by atoms with van der Waals surface area (Å²) in [7, 11) is 0. The maximum atomic E-state index is 12.4. The van der Waals surface area contributed by atoms with Gasteiger partial charge in [0, 0.05) is 11.3 Å². The molecule has 1 amide bonds. The first-order valence-corrected chi connectivity index (χ1v) is 7.81. The second-order valence-electron chi connectivity index (χ2n) is 5.62. The second kappa shape index (κ2) is 7.64. The summed E-state index contributed by atoms with van der Waals surface area (Å²) in [5.74, 6) is -0.686. The molecule has 24 heavy (non-hydrogen) atoms. The number of rotatable bonds is 6. The minimum Gasteiger partial charge on any atom is -0.494 e. The van der Waals surface area contributed by atoms with Crippen LogP contribution >= 0.6 is 0 Å². The summed E-state index contributed by atoms with van der Waals surface area (Å²) in [6.07, 6.45) is 0.886. The van der Waals surface area contributed by atoms with E-state index in [0.29, 0.717) is 29.2 Å². The average Bonchev–Trinajstić information content (AvgIpc) is 2.55. The number of carbonyl (C=O) groups excluding carboxylic acids is 1. The highest BCUT2D eigenvalue weighted by atomic mass is 16.5. The monoisotopic (exact) mass is 327 g/mol. The van der Waals surface area contributed by atoms with Crippen molar-refractivity contribution < 1.29 is 19.4 Å². The molecule has 5 nitrogen and oxygen atoms in total. The number of carbonyl (C=O) groups is 2. The number of hydrogen-bond acceptors (Lipinski definition) is 3. The van der Waals surface area contributed by atoms with Gasteiger partial charge < -0.3 is 15.2 Å². The second-order valence-corrected chi connectivity index (χ2v) is 5.62. The molecule has 0 bridgehead atoms. The fourth-order valence-electron chi connectivity index (χ4n) is 2.36. The highest BCUT2D eigenvalue weighted by molar-refractivity contribution is 6.05. The van der Waals surface area contributed by atoms with Crippen molar-refractivity contribution in [2.24, 2.45) is 0 Å². The minimum atomic E-state index is -1.02. The van der Waals surface area contributed by atoms with E-state index in [4.69, 9.17) is 4.74 Å². The van der Waals surface area contributed by atoms with Crippen LogP contribution in [0, 0.1) is 13.8 Å². The predicted octanol–water partition coefficient (Wildman–Crippen LogP) is 4.04. The third-order valence-corrected chi connectivity index (χ3v) is 3.62. The number of nitrogens with one attached hydrogen (secondary N) is 1. The number of ether oxygens (including phenoxy) is 1. The third-order valence-electron chi connectivity index (χ3n) is 3.62. The van der Waals surface area contributed by atoms with Crippen LogP contribution in [-0.4, -0.2) is 23.6 Å². The maximum Gasteiger partial charge on any atom is 0.336 e. The molecule has 2 aromatic rings. The van der Waals surface area contributed by atoms with Crippen molar-refractivity contribution in [1.82, 2.24) is 0 Å². The van der Waals surface area contributed by atoms with Gasteiger partial charge in [0.2, 0.25) is 0 Å². The van der Waals surface area contributed by atoms with Gasteiger partial charge in [-0.15, -0.1) is 0 Å². The molecule has 0 radical (unpaired) electrons. The van der Waals surface area contributed by atoms with Crippen LogP contribution in [0.15, 0.2) is 36.4 Å². The van der Waals surface area contributed by atoms with Crippen LogP contribution < -0.4 is 10.1 Å². The molecule has 0 atom stereocenters. The number of amides is 1. The first kappa shape index (κ1) is 17.5. The van der Waals surface area contributed by atoms with Crippen LogP contribution in [0.1, 0.15) is 45.2 Å². The van der Waals surface area contributed by atoms with Crippen molar-refractivity contribution in [2.75, 3.05) is 11.9 Å². The normalized spacial score (nSPS) is 10.3. The molecule has 0 saturated heterocycles. The lowest BCUT2D eigenvalue weighted by molar-refractivity contribution is 0.0695. The van der Waals surface area contributed by atoms with Gasteiger partial charge in [-0.2, -0.15) is 0 Å². The molecule has 0 saturated carbocycles. The Morgan fingerprint density at radius 1 is 1.12 bits per heavy atom. The van der Waals surface area contributed by atoms with Crippen molar-refractivity contribution in [3.05, 3.63) is 58.7 Å². The number of benzene rings is 2. The zero-order valence-electron chi connectivity index (χ0n) is 14.1. The Balaban J connectivity index is 2.23. The van der Waals surface area contributed by atoms with Crippen molar-refractivity contribution in [3.8, 4) is 5.75 Å². The van der Waals surface area contributed by atoms with Gasteiger partial charge in [-0.3, -0.25) is 4.79 Å². The van der Waals surface area contributed by atoms with E-state index >= 15 is 0 Å². The Hall–Kier alpha value is -2.82. The molecule has 0 aromatic heterocycles. The molecule has 0 aliphatic heterocycles. The van der Waals surface area contributed by atoms with Crippen molar-refractivity contribution in [2.45, 2.75) is 27.2 Å². The first-order chi connectivity index (χ1) is 11.4. The van der Waals surface area contributed by atoms with E-state index in [9.17, 15) is 14.7 Å². The van der Waals surface area contributed by atoms with Gasteiger partial charge in [0.25, 0.3) is 5.91 Å². The fourth-order valence-corrected chi connectivity index (χ4v) is 2.36. The molecule has 126 valence electrons. The molecule has 0 fully saturated rings. The van der Waals surface area contributed by atoms with E-state index in [1.165, 1.54) is 6.07 Å². The van der Waals surface area contributed by atoms with Gasteiger partial charge in [-0.05, 0) is 55.7 Å². The largest absolute Gasteiger partial charge is 0.494 e. The first-order valence-electron chi connectivity index (χ1n) is 7.81. The molecule has 0 heterocycles. The van der Waals surface area contributed by atoms with E-state index in [2.05, 4.69) is 5.32 Å². The van der Waals surface area contributed by atoms with Crippen molar-refractivity contribution in [3.63, 3.8) is 0 Å². The van der Waals surface area contributed by atoms with Crippen LogP contribution in [-0.2, 0) is 0 Å². The van der Waals surface area contributed by atoms with E-state index in [1.807, 2.05) is 13.8 Å². The molecule has 5 heteroatoms. The van der Waals surface area contributed by atoms with E-state index < -0.39 is 5.97 Å². The number of carboxylic acids is 1. The summed E-state index contributed by atoms with van der Waals surface area (Å²) in [4.78, 5) is 23.7. The van der Waals surface area contributed by atoms with Gasteiger partial charge >= 0.3 is 5.97 Å². The van der Waals surface area contributed by atoms with Crippen LogP contribution in [0.25, 0.3) is 0 Å². The van der Waals surface area contributed by atoms with Crippen molar-refractivity contribution >= 4 is 17.6 Å². The summed E-state index contributed by atoms with van der Waals surface area (Å²) in [5, 5.41) is 12.0. The molecule has 2 rings (SSSR count). The Morgan fingerprint density at radius 2 is 1.88 bits per heavy atom. The Morgan fingerprint density at radius 3 is 2.54 bits per heavy atom. The van der Waals surface area contributed by atoms with Gasteiger partial charge in [0.1, 0.15) is 5.75 Å². The van der Waals surface area contributed by atoms with E-state index in [-0.39, 0.29) is 11.5 Å². The van der Waals surface area contributed by atoms with Gasteiger partial charge in [0.15, 0.2) is 0 Å².